The minimum absolute atomic E-state index is 0.107. The maximum absolute atomic E-state index is 13.3. The number of aryl methyl sites for hydroxylation is 1. The van der Waals surface area contributed by atoms with E-state index in [9.17, 15) is 20.0 Å². The van der Waals surface area contributed by atoms with E-state index in [4.69, 9.17) is 0 Å². The van der Waals surface area contributed by atoms with Crippen molar-refractivity contribution in [3.05, 3.63) is 104 Å². The first-order chi connectivity index (χ1) is 14.4. The summed E-state index contributed by atoms with van der Waals surface area (Å²) in [7, 11) is 0. The number of nitro benzene ring substituents is 1. The summed E-state index contributed by atoms with van der Waals surface area (Å²) in [6, 6.07) is 18.0. The van der Waals surface area contributed by atoms with E-state index in [0.717, 1.165) is 5.56 Å². The quantitative estimate of drug-likeness (QED) is 0.403. The molecule has 4 aromatic rings. The summed E-state index contributed by atoms with van der Waals surface area (Å²) in [5.74, 6) is 0.496. The average Bonchev–Trinajstić information content (AvgIpc) is 2.74. The second-order valence-corrected chi connectivity index (χ2v) is 6.78. The second-order valence-electron chi connectivity index (χ2n) is 6.78. The van der Waals surface area contributed by atoms with E-state index in [1.807, 2.05) is 0 Å². The van der Waals surface area contributed by atoms with Gasteiger partial charge in [-0.3, -0.25) is 19.5 Å². The molecule has 148 valence electrons. The Morgan fingerprint density at radius 1 is 1.03 bits per heavy atom. The minimum Gasteiger partial charge on any atom is -0.508 e. The number of benzene rings is 3. The summed E-state index contributed by atoms with van der Waals surface area (Å²) < 4.78 is 1.39. The van der Waals surface area contributed by atoms with E-state index in [-0.39, 0.29) is 17.0 Å². The number of hydrogen-bond acceptors (Lipinski definition) is 5. The number of non-ortho nitro benzene ring substituents is 1. The van der Waals surface area contributed by atoms with Gasteiger partial charge in [-0.15, -0.1) is 0 Å². The molecule has 1 N–H and O–H groups in total. The molecule has 0 radical (unpaired) electrons. The highest BCUT2D eigenvalue weighted by molar-refractivity contribution is 5.80. The number of para-hydroxylation sites is 1. The number of phenols is 1. The zero-order valence-electron chi connectivity index (χ0n) is 16.0. The van der Waals surface area contributed by atoms with Gasteiger partial charge in [0.1, 0.15) is 11.6 Å². The molecule has 0 fully saturated rings. The number of hydrogen-bond donors (Lipinski definition) is 1. The van der Waals surface area contributed by atoms with Crippen molar-refractivity contribution >= 4 is 28.7 Å². The fraction of sp³-hybridized carbons (Fsp3) is 0.0435. The summed E-state index contributed by atoms with van der Waals surface area (Å²) >= 11 is 0. The molecule has 0 aliphatic rings. The molecular weight excluding hydrogens is 382 g/mol. The van der Waals surface area contributed by atoms with Crippen molar-refractivity contribution in [3.8, 4) is 11.4 Å². The molecule has 0 amide bonds. The molecule has 7 heteroatoms. The minimum atomic E-state index is -0.492. The fourth-order valence-corrected chi connectivity index (χ4v) is 3.20. The van der Waals surface area contributed by atoms with Crippen LogP contribution in [0, 0.1) is 17.0 Å². The van der Waals surface area contributed by atoms with Crippen LogP contribution < -0.4 is 5.56 Å². The van der Waals surface area contributed by atoms with Crippen molar-refractivity contribution in [2.45, 2.75) is 6.92 Å². The molecule has 0 bridgehead atoms. The molecule has 0 aliphatic heterocycles. The van der Waals surface area contributed by atoms with E-state index in [1.165, 1.54) is 16.7 Å². The smallest absolute Gasteiger partial charge is 0.271 e. The van der Waals surface area contributed by atoms with E-state index in [1.54, 1.807) is 73.7 Å². The van der Waals surface area contributed by atoms with E-state index >= 15 is 0 Å². The van der Waals surface area contributed by atoms with Crippen LogP contribution in [0.4, 0.5) is 5.69 Å². The molecule has 0 spiro atoms. The van der Waals surface area contributed by atoms with Gasteiger partial charge in [0, 0.05) is 12.1 Å². The lowest BCUT2D eigenvalue weighted by atomic mass is 10.1. The van der Waals surface area contributed by atoms with Gasteiger partial charge < -0.3 is 5.11 Å². The van der Waals surface area contributed by atoms with Crippen LogP contribution in [0.1, 0.15) is 17.0 Å². The zero-order valence-corrected chi connectivity index (χ0v) is 16.0. The molecule has 4 rings (SSSR count). The predicted molar refractivity (Wildman–Crippen MR) is 116 cm³/mol. The van der Waals surface area contributed by atoms with Crippen molar-refractivity contribution in [1.29, 1.82) is 0 Å². The number of aromatic hydroxyl groups is 1. The van der Waals surface area contributed by atoms with Crippen molar-refractivity contribution in [3.63, 3.8) is 0 Å². The number of aromatic nitrogens is 2. The molecule has 1 aromatic heterocycles. The van der Waals surface area contributed by atoms with Crippen molar-refractivity contribution < 1.29 is 10.0 Å². The van der Waals surface area contributed by atoms with E-state index in [2.05, 4.69) is 4.98 Å². The summed E-state index contributed by atoms with van der Waals surface area (Å²) in [6.45, 7) is 1.79. The van der Waals surface area contributed by atoms with Crippen molar-refractivity contribution in [2.24, 2.45) is 0 Å². The zero-order chi connectivity index (χ0) is 21.3. The molecule has 0 unspecified atom stereocenters. The van der Waals surface area contributed by atoms with Gasteiger partial charge in [0.05, 0.1) is 21.5 Å². The van der Waals surface area contributed by atoms with Gasteiger partial charge in [0.25, 0.3) is 11.2 Å². The third kappa shape index (κ3) is 3.56. The Labute approximate surface area is 171 Å². The van der Waals surface area contributed by atoms with Gasteiger partial charge in [-0.25, -0.2) is 4.98 Å². The molecule has 0 atom stereocenters. The Balaban J connectivity index is 1.98. The maximum atomic E-state index is 13.3. The van der Waals surface area contributed by atoms with E-state index in [0.29, 0.717) is 28.0 Å². The van der Waals surface area contributed by atoms with Gasteiger partial charge >= 0.3 is 0 Å². The summed E-state index contributed by atoms with van der Waals surface area (Å²) in [5, 5.41) is 21.2. The van der Waals surface area contributed by atoms with Crippen LogP contribution in [0.15, 0.2) is 71.5 Å². The van der Waals surface area contributed by atoms with Gasteiger partial charge in [-0.1, -0.05) is 36.4 Å². The monoisotopic (exact) mass is 399 g/mol. The Morgan fingerprint density at radius 3 is 2.50 bits per heavy atom. The van der Waals surface area contributed by atoms with Crippen LogP contribution in [0.3, 0.4) is 0 Å². The van der Waals surface area contributed by atoms with Gasteiger partial charge in [-0.05, 0) is 48.4 Å². The molecule has 1 heterocycles. The molecule has 3 aromatic carbocycles. The summed E-state index contributed by atoms with van der Waals surface area (Å²) in [4.78, 5) is 28.7. The average molecular weight is 399 g/mol. The molecular formula is C23H17N3O4. The van der Waals surface area contributed by atoms with Crippen LogP contribution >= 0.6 is 0 Å². The first-order valence-corrected chi connectivity index (χ1v) is 9.18. The lowest BCUT2D eigenvalue weighted by molar-refractivity contribution is -0.384. The Morgan fingerprint density at radius 2 is 1.77 bits per heavy atom. The van der Waals surface area contributed by atoms with Gasteiger partial charge in [-0.2, -0.15) is 0 Å². The van der Waals surface area contributed by atoms with Crippen LogP contribution in [-0.4, -0.2) is 19.6 Å². The number of nitrogens with zero attached hydrogens (tertiary/aromatic N) is 3. The fourth-order valence-electron chi connectivity index (χ4n) is 3.20. The lowest BCUT2D eigenvalue weighted by Crippen LogP contribution is -2.23. The Bertz CT molecular complexity index is 1360. The van der Waals surface area contributed by atoms with Gasteiger partial charge in [0.15, 0.2) is 0 Å². The van der Waals surface area contributed by atoms with Crippen LogP contribution in [0.2, 0.25) is 0 Å². The lowest BCUT2D eigenvalue weighted by Gasteiger charge is -2.13. The summed E-state index contributed by atoms with van der Waals surface area (Å²) in [6.07, 6.45) is 3.44. The Hall–Kier alpha value is -4.26. The molecule has 0 saturated heterocycles. The van der Waals surface area contributed by atoms with Crippen molar-refractivity contribution in [1.82, 2.24) is 9.55 Å². The SMILES string of the molecule is Cc1ccc([N+](=O)[O-])cc1-n1c(C=Cc2ccc(O)cc2)nc2ccccc2c1=O. The third-order valence-corrected chi connectivity index (χ3v) is 4.76. The standard InChI is InChI=1S/C23H17N3O4/c1-15-6-10-17(26(29)30)14-21(15)25-22(13-9-16-7-11-18(27)12-8-16)24-20-5-3-2-4-19(20)23(25)28/h2-14,27H,1H3. The molecule has 7 nitrogen and oxygen atoms in total. The second kappa shape index (κ2) is 7.63. The van der Waals surface area contributed by atoms with Gasteiger partial charge in [0.2, 0.25) is 0 Å². The maximum Gasteiger partial charge on any atom is 0.271 e. The third-order valence-electron chi connectivity index (χ3n) is 4.76. The first kappa shape index (κ1) is 19.1. The van der Waals surface area contributed by atoms with Crippen molar-refractivity contribution in [2.75, 3.05) is 0 Å². The van der Waals surface area contributed by atoms with Crippen LogP contribution in [0.25, 0.3) is 28.7 Å². The number of phenolic OH excluding ortho intramolecular Hbond substituents is 1. The number of fused-ring (bicyclic) bond motifs is 1. The van der Waals surface area contributed by atoms with Crippen LogP contribution in [-0.2, 0) is 0 Å². The Kier molecular flexibility index (Phi) is 4.85. The first-order valence-electron chi connectivity index (χ1n) is 9.18. The highest BCUT2D eigenvalue weighted by atomic mass is 16.6. The highest BCUT2D eigenvalue weighted by Crippen LogP contribution is 2.23. The molecule has 30 heavy (non-hydrogen) atoms. The van der Waals surface area contributed by atoms with Crippen LogP contribution in [0.5, 0.6) is 5.75 Å². The molecule has 0 aliphatic carbocycles. The predicted octanol–water partition coefficient (Wildman–Crippen LogP) is 4.48. The normalized spacial score (nSPS) is 11.2. The van der Waals surface area contributed by atoms with E-state index < -0.39 is 4.92 Å². The molecule has 0 saturated carbocycles. The largest absolute Gasteiger partial charge is 0.508 e. The summed E-state index contributed by atoms with van der Waals surface area (Å²) in [5.41, 5.74) is 2.03. The highest BCUT2D eigenvalue weighted by Gasteiger charge is 2.16. The number of rotatable bonds is 4. The number of nitro groups is 1. The topological polar surface area (TPSA) is 98.3 Å².